The second-order valence-corrected chi connectivity index (χ2v) is 5.95. The lowest BCUT2D eigenvalue weighted by molar-refractivity contribution is 0.393. The maximum atomic E-state index is 12.2. The summed E-state index contributed by atoms with van der Waals surface area (Å²) in [6.45, 7) is 1.64. The standard InChI is InChI=1S/C11H15N3O3S/c1-8(5-6-12)14(2)18(16,17)9-3-4-11(15)10(13)7-9/h3-4,7-8,15H,5,13H2,1-2H3. The van der Waals surface area contributed by atoms with Crippen molar-refractivity contribution in [2.24, 2.45) is 0 Å². The van der Waals surface area contributed by atoms with Crippen molar-refractivity contribution in [2.45, 2.75) is 24.3 Å². The van der Waals surface area contributed by atoms with Gasteiger partial charge in [0.2, 0.25) is 10.0 Å². The predicted molar refractivity (Wildman–Crippen MR) is 67.2 cm³/mol. The first-order valence-electron chi connectivity index (χ1n) is 5.24. The molecular formula is C11H15N3O3S. The molecule has 0 aromatic heterocycles. The number of phenols is 1. The molecule has 18 heavy (non-hydrogen) atoms. The number of anilines is 1. The van der Waals surface area contributed by atoms with Crippen molar-refractivity contribution in [3.05, 3.63) is 18.2 Å². The molecule has 1 aromatic carbocycles. The van der Waals surface area contributed by atoms with Crippen LogP contribution in [0.3, 0.4) is 0 Å². The van der Waals surface area contributed by atoms with Crippen LogP contribution in [0.15, 0.2) is 23.1 Å². The molecule has 0 saturated carbocycles. The summed E-state index contributed by atoms with van der Waals surface area (Å²) in [6.07, 6.45) is 0.100. The van der Waals surface area contributed by atoms with Gasteiger partial charge < -0.3 is 10.8 Å². The second-order valence-electron chi connectivity index (χ2n) is 3.95. The van der Waals surface area contributed by atoms with E-state index in [-0.39, 0.29) is 22.8 Å². The third kappa shape index (κ3) is 2.72. The molecule has 1 unspecified atom stereocenters. The van der Waals surface area contributed by atoms with E-state index in [0.717, 1.165) is 4.31 Å². The number of benzene rings is 1. The molecular weight excluding hydrogens is 254 g/mol. The zero-order valence-corrected chi connectivity index (χ0v) is 11.0. The number of hydrogen-bond acceptors (Lipinski definition) is 5. The van der Waals surface area contributed by atoms with Crippen LogP contribution >= 0.6 is 0 Å². The lowest BCUT2D eigenvalue weighted by atomic mass is 10.3. The molecule has 3 N–H and O–H groups in total. The molecule has 0 aliphatic carbocycles. The minimum absolute atomic E-state index is 0.00240. The van der Waals surface area contributed by atoms with Gasteiger partial charge in [0.05, 0.1) is 23.1 Å². The minimum atomic E-state index is -3.71. The van der Waals surface area contributed by atoms with Crippen LogP contribution in [0.25, 0.3) is 0 Å². The summed E-state index contributed by atoms with van der Waals surface area (Å²) in [4.78, 5) is -0.00918. The number of nitrogens with zero attached hydrogens (tertiary/aromatic N) is 2. The Kier molecular flexibility index (Phi) is 4.16. The van der Waals surface area contributed by atoms with E-state index in [1.54, 1.807) is 6.92 Å². The second kappa shape index (κ2) is 5.25. The molecule has 0 aliphatic rings. The topological polar surface area (TPSA) is 107 Å². The summed E-state index contributed by atoms with van der Waals surface area (Å²) < 4.78 is 25.5. The monoisotopic (exact) mass is 269 g/mol. The number of nitrogen functional groups attached to an aromatic ring is 1. The van der Waals surface area contributed by atoms with Crippen LogP contribution < -0.4 is 5.73 Å². The number of aromatic hydroxyl groups is 1. The maximum absolute atomic E-state index is 12.2. The van der Waals surface area contributed by atoms with Gasteiger partial charge in [-0.15, -0.1) is 0 Å². The van der Waals surface area contributed by atoms with E-state index < -0.39 is 16.1 Å². The van der Waals surface area contributed by atoms with Gasteiger partial charge in [0, 0.05) is 13.1 Å². The van der Waals surface area contributed by atoms with Crippen LogP contribution in [-0.2, 0) is 10.0 Å². The molecule has 7 heteroatoms. The molecule has 98 valence electrons. The summed E-state index contributed by atoms with van der Waals surface area (Å²) in [5.41, 5.74) is 5.46. The van der Waals surface area contributed by atoms with Gasteiger partial charge >= 0.3 is 0 Å². The van der Waals surface area contributed by atoms with Crippen LogP contribution in [0.4, 0.5) is 5.69 Å². The van der Waals surface area contributed by atoms with Crippen molar-refractivity contribution in [3.8, 4) is 11.8 Å². The molecule has 0 aliphatic heterocycles. The van der Waals surface area contributed by atoms with Gasteiger partial charge in [0.25, 0.3) is 0 Å². The lowest BCUT2D eigenvalue weighted by Gasteiger charge is -2.22. The van der Waals surface area contributed by atoms with Crippen molar-refractivity contribution >= 4 is 15.7 Å². The summed E-state index contributed by atoms with van der Waals surface area (Å²) in [6, 6.07) is 5.18. The molecule has 0 radical (unpaired) electrons. The quantitative estimate of drug-likeness (QED) is 0.623. The summed E-state index contributed by atoms with van der Waals surface area (Å²) in [7, 11) is -2.31. The van der Waals surface area contributed by atoms with E-state index >= 15 is 0 Å². The first kappa shape index (κ1) is 14.3. The zero-order chi connectivity index (χ0) is 13.9. The van der Waals surface area contributed by atoms with Gasteiger partial charge in [-0.05, 0) is 25.1 Å². The first-order valence-corrected chi connectivity index (χ1v) is 6.68. The van der Waals surface area contributed by atoms with Crippen LogP contribution in [0.2, 0.25) is 0 Å². The molecule has 6 nitrogen and oxygen atoms in total. The third-order valence-electron chi connectivity index (χ3n) is 2.68. The molecule has 0 bridgehead atoms. The van der Waals surface area contributed by atoms with Gasteiger partial charge in [-0.25, -0.2) is 8.42 Å². The smallest absolute Gasteiger partial charge is 0.243 e. The van der Waals surface area contributed by atoms with Crippen molar-refractivity contribution < 1.29 is 13.5 Å². The Morgan fingerprint density at radius 2 is 2.17 bits per heavy atom. The zero-order valence-electron chi connectivity index (χ0n) is 10.2. The summed E-state index contributed by atoms with van der Waals surface area (Å²) in [5, 5.41) is 17.8. The molecule has 1 aromatic rings. The normalized spacial score (nSPS) is 13.2. The highest BCUT2D eigenvalue weighted by molar-refractivity contribution is 7.89. The highest BCUT2D eigenvalue weighted by Gasteiger charge is 2.25. The van der Waals surface area contributed by atoms with Gasteiger partial charge in [0.15, 0.2) is 0 Å². The number of nitriles is 1. The Hall–Kier alpha value is -1.78. The molecule has 1 rings (SSSR count). The Morgan fingerprint density at radius 1 is 1.56 bits per heavy atom. The van der Waals surface area contributed by atoms with E-state index in [1.807, 2.05) is 6.07 Å². The Morgan fingerprint density at radius 3 is 2.67 bits per heavy atom. The van der Waals surface area contributed by atoms with E-state index in [0.29, 0.717) is 0 Å². The van der Waals surface area contributed by atoms with Crippen LogP contribution in [0.1, 0.15) is 13.3 Å². The van der Waals surface area contributed by atoms with Crippen LogP contribution in [0.5, 0.6) is 5.75 Å². The Balaban J connectivity index is 3.14. The largest absolute Gasteiger partial charge is 0.506 e. The number of rotatable bonds is 4. The predicted octanol–water partition coefficient (Wildman–Crippen LogP) is 0.897. The van der Waals surface area contributed by atoms with Gasteiger partial charge in [-0.2, -0.15) is 9.57 Å². The molecule has 0 amide bonds. The van der Waals surface area contributed by atoms with Crippen LogP contribution in [0, 0.1) is 11.3 Å². The lowest BCUT2D eigenvalue weighted by Crippen LogP contribution is -2.34. The number of sulfonamides is 1. The molecule has 0 heterocycles. The van der Waals surface area contributed by atoms with E-state index in [2.05, 4.69) is 0 Å². The fourth-order valence-electron chi connectivity index (χ4n) is 1.36. The third-order valence-corrected chi connectivity index (χ3v) is 4.65. The summed E-state index contributed by atoms with van der Waals surface area (Å²) in [5.74, 6) is -0.165. The average Bonchev–Trinajstić information content (AvgIpc) is 2.31. The number of nitrogens with two attached hydrogens (primary N) is 1. The van der Waals surface area contributed by atoms with Gasteiger partial charge in [0.1, 0.15) is 5.75 Å². The van der Waals surface area contributed by atoms with Crippen molar-refractivity contribution in [2.75, 3.05) is 12.8 Å². The SMILES string of the molecule is CC(CC#N)N(C)S(=O)(=O)c1ccc(O)c(N)c1. The number of hydrogen-bond donors (Lipinski definition) is 2. The van der Waals surface area contributed by atoms with E-state index in [1.165, 1.54) is 25.2 Å². The Bertz CT molecular complexity index is 578. The molecule has 1 atom stereocenters. The van der Waals surface area contributed by atoms with E-state index in [9.17, 15) is 13.5 Å². The molecule has 0 saturated heterocycles. The minimum Gasteiger partial charge on any atom is -0.506 e. The molecule has 0 fully saturated rings. The first-order chi connectivity index (χ1) is 8.30. The summed E-state index contributed by atoms with van der Waals surface area (Å²) >= 11 is 0. The average molecular weight is 269 g/mol. The fourth-order valence-corrected chi connectivity index (χ4v) is 2.75. The van der Waals surface area contributed by atoms with Crippen LogP contribution in [-0.4, -0.2) is 30.9 Å². The highest BCUT2D eigenvalue weighted by Crippen LogP contribution is 2.25. The number of phenolic OH excluding ortho intramolecular Hbond substituents is 1. The fraction of sp³-hybridized carbons (Fsp3) is 0.364. The maximum Gasteiger partial charge on any atom is 0.243 e. The van der Waals surface area contributed by atoms with E-state index in [4.69, 9.17) is 11.0 Å². The van der Waals surface area contributed by atoms with Crippen molar-refractivity contribution in [3.63, 3.8) is 0 Å². The Labute approximate surface area is 106 Å². The molecule has 0 spiro atoms. The van der Waals surface area contributed by atoms with Crippen molar-refractivity contribution in [1.82, 2.24) is 4.31 Å². The highest BCUT2D eigenvalue weighted by atomic mass is 32.2. The van der Waals surface area contributed by atoms with Gasteiger partial charge in [-0.3, -0.25) is 0 Å². The van der Waals surface area contributed by atoms with Gasteiger partial charge in [-0.1, -0.05) is 0 Å². The van der Waals surface area contributed by atoms with Crippen molar-refractivity contribution in [1.29, 1.82) is 5.26 Å².